The molecule has 150 valence electrons. The number of hydrogen-bond acceptors (Lipinski definition) is 2. The first-order chi connectivity index (χ1) is 12.8. The zero-order valence-electron chi connectivity index (χ0n) is 15.9. The van der Waals surface area contributed by atoms with E-state index in [0.29, 0.717) is 6.10 Å². The summed E-state index contributed by atoms with van der Waals surface area (Å²) in [6, 6.07) is 4.83. The molecule has 3 rings (SSSR count). The minimum atomic E-state index is -0.205. The first-order valence-corrected chi connectivity index (χ1v) is 9.58. The molecule has 1 aromatic carbocycles. The predicted octanol–water partition coefficient (Wildman–Crippen LogP) is 3.98. The molecule has 1 aliphatic carbocycles. The van der Waals surface area contributed by atoms with Crippen molar-refractivity contribution in [1.82, 2.24) is 15.6 Å². The third-order valence-electron chi connectivity index (χ3n) is 4.91. The third-order valence-corrected chi connectivity index (χ3v) is 4.91. The molecule has 0 bridgehead atoms. The number of aromatic amines is 1. The Balaban J connectivity index is 0.00000261. The molecule has 1 aliphatic rings. The summed E-state index contributed by atoms with van der Waals surface area (Å²) in [5.41, 5.74) is 2.07. The zero-order chi connectivity index (χ0) is 18.2. The van der Waals surface area contributed by atoms with E-state index in [2.05, 4.69) is 20.6 Å². The number of ether oxygens (including phenoxy) is 1. The van der Waals surface area contributed by atoms with Gasteiger partial charge >= 0.3 is 0 Å². The number of rotatable bonds is 8. The zero-order valence-corrected chi connectivity index (χ0v) is 18.2. The summed E-state index contributed by atoms with van der Waals surface area (Å²) in [6.07, 6.45) is 9.25. The van der Waals surface area contributed by atoms with Crippen LogP contribution >= 0.6 is 24.0 Å². The van der Waals surface area contributed by atoms with Crippen molar-refractivity contribution in [2.75, 3.05) is 26.7 Å². The highest BCUT2D eigenvalue weighted by molar-refractivity contribution is 14.0. The molecule has 0 saturated heterocycles. The van der Waals surface area contributed by atoms with Crippen molar-refractivity contribution in [1.29, 1.82) is 0 Å². The molecule has 7 heteroatoms. The number of aliphatic imine (C=N–C) groups is 1. The van der Waals surface area contributed by atoms with Gasteiger partial charge in [0, 0.05) is 43.8 Å². The van der Waals surface area contributed by atoms with Gasteiger partial charge in [0.25, 0.3) is 0 Å². The molecule has 0 aliphatic heterocycles. The molecule has 0 spiro atoms. The van der Waals surface area contributed by atoms with E-state index in [9.17, 15) is 4.39 Å². The van der Waals surface area contributed by atoms with Crippen LogP contribution in [0.5, 0.6) is 0 Å². The lowest BCUT2D eigenvalue weighted by atomic mass is 10.1. The number of benzene rings is 1. The molecule has 0 unspecified atom stereocenters. The van der Waals surface area contributed by atoms with E-state index in [-0.39, 0.29) is 29.8 Å². The van der Waals surface area contributed by atoms with Crippen LogP contribution < -0.4 is 10.6 Å². The molecule has 3 N–H and O–H groups in total. The van der Waals surface area contributed by atoms with Crippen molar-refractivity contribution in [3.05, 3.63) is 35.8 Å². The quantitative estimate of drug-likeness (QED) is 0.228. The van der Waals surface area contributed by atoms with Crippen LogP contribution in [-0.2, 0) is 11.2 Å². The lowest BCUT2D eigenvalue weighted by Crippen LogP contribution is -2.39. The Hall–Kier alpha value is -1.35. The Morgan fingerprint density at radius 2 is 2.04 bits per heavy atom. The average Bonchev–Trinajstić information content (AvgIpc) is 3.30. The summed E-state index contributed by atoms with van der Waals surface area (Å²) < 4.78 is 19.3. The van der Waals surface area contributed by atoms with Gasteiger partial charge in [-0.1, -0.05) is 12.8 Å². The maximum atomic E-state index is 13.4. The van der Waals surface area contributed by atoms with Crippen LogP contribution in [0.25, 0.3) is 10.9 Å². The predicted molar refractivity (Wildman–Crippen MR) is 120 cm³/mol. The van der Waals surface area contributed by atoms with E-state index >= 15 is 0 Å². The second-order valence-electron chi connectivity index (χ2n) is 6.81. The number of nitrogens with one attached hydrogen (secondary N) is 3. The molecule has 1 saturated carbocycles. The second-order valence-corrected chi connectivity index (χ2v) is 6.81. The van der Waals surface area contributed by atoms with Gasteiger partial charge in [-0.25, -0.2) is 4.39 Å². The number of H-pyrrole nitrogens is 1. The van der Waals surface area contributed by atoms with Gasteiger partial charge < -0.3 is 20.4 Å². The Kier molecular flexibility index (Phi) is 9.33. The highest BCUT2D eigenvalue weighted by Gasteiger charge is 2.14. The highest BCUT2D eigenvalue weighted by Crippen LogP contribution is 2.21. The van der Waals surface area contributed by atoms with E-state index in [1.807, 2.05) is 6.20 Å². The third kappa shape index (κ3) is 6.64. The van der Waals surface area contributed by atoms with E-state index in [4.69, 9.17) is 4.74 Å². The van der Waals surface area contributed by atoms with Crippen molar-refractivity contribution >= 4 is 40.8 Å². The SMILES string of the molecule is CN=C(NCCCOC1CCCC1)NCCc1c[nH]c2ccc(F)cc12.I. The fourth-order valence-corrected chi connectivity index (χ4v) is 3.48. The van der Waals surface area contributed by atoms with Crippen molar-refractivity contribution in [2.24, 2.45) is 4.99 Å². The van der Waals surface area contributed by atoms with Crippen LogP contribution in [0.1, 0.15) is 37.7 Å². The largest absolute Gasteiger partial charge is 0.378 e. The van der Waals surface area contributed by atoms with Crippen molar-refractivity contribution in [3.63, 3.8) is 0 Å². The topological polar surface area (TPSA) is 61.4 Å². The molecule has 5 nitrogen and oxygen atoms in total. The summed E-state index contributed by atoms with van der Waals surface area (Å²) in [5.74, 6) is 0.584. The van der Waals surface area contributed by atoms with Crippen LogP contribution in [0.4, 0.5) is 4.39 Å². The summed E-state index contributed by atoms with van der Waals surface area (Å²) in [6.45, 7) is 2.38. The van der Waals surface area contributed by atoms with Crippen LogP contribution in [0.15, 0.2) is 29.4 Å². The number of hydrogen-bond donors (Lipinski definition) is 3. The lowest BCUT2D eigenvalue weighted by molar-refractivity contribution is 0.0574. The summed E-state index contributed by atoms with van der Waals surface area (Å²) in [5, 5.41) is 7.57. The molecule has 1 fully saturated rings. The Labute approximate surface area is 177 Å². The number of nitrogens with zero attached hydrogens (tertiary/aromatic N) is 1. The van der Waals surface area contributed by atoms with E-state index < -0.39 is 0 Å². The smallest absolute Gasteiger partial charge is 0.190 e. The second kappa shape index (κ2) is 11.5. The van der Waals surface area contributed by atoms with Gasteiger partial charge in [-0.3, -0.25) is 4.99 Å². The fraction of sp³-hybridized carbons (Fsp3) is 0.550. The van der Waals surface area contributed by atoms with E-state index in [0.717, 1.165) is 55.0 Å². The van der Waals surface area contributed by atoms with Gasteiger partial charge in [-0.2, -0.15) is 0 Å². The normalized spacial score (nSPS) is 15.1. The first kappa shape index (κ1) is 21.9. The van der Waals surface area contributed by atoms with Crippen molar-refractivity contribution in [2.45, 2.75) is 44.6 Å². The Bertz CT molecular complexity index is 728. The standard InChI is InChI=1S/C20H29FN4O.HI/c1-22-20(23-10-4-12-26-17-5-2-3-6-17)24-11-9-15-14-25-19-8-7-16(21)13-18(15)19;/h7-8,13-14,17,25H,2-6,9-12H2,1H3,(H2,22,23,24);1H. The lowest BCUT2D eigenvalue weighted by Gasteiger charge is -2.13. The molecule has 0 radical (unpaired) electrons. The van der Waals surface area contributed by atoms with Crippen molar-refractivity contribution in [3.8, 4) is 0 Å². The first-order valence-electron chi connectivity index (χ1n) is 9.58. The van der Waals surface area contributed by atoms with Crippen LogP contribution in [-0.4, -0.2) is 43.8 Å². The minimum absolute atomic E-state index is 0. The number of fused-ring (bicyclic) bond motifs is 1. The average molecular weight is 488 g/mol. The monoisotopic (exact) mass is 488 g/mol. The number of halogens is 2. The van der Waals surface area contributed by atoms with Gasteiger partial charge in [-0.15, -0.1) is 24.0 Å². The molecular formula is C20H30FIN4O. The summed E-state index contributed by atoms with van der Waals surface area (Å²) >= 11 is 0. The molecule has 0 amide bonds. The Morgan fingerprint density at radius 3 is 2.81 bits per heavy atom. The maximum Gasteiger partial charge on any atom is 0.190 e. The minimum Gasteiger partial charge on any atom is -0.378 e. The number of aromatic nitrogens is 1. The fourth-order valence-electron chi connectivity index (χ4n) is 3.48. The van der Waals surface area contributed by atoms with Crippen LogP contribution in [0, 0.1) is 5.82 Å². The molecule has 1 aromatic heterocycles. The van der Waals surface area contributed by atoms with Gasteiger partial charge in [0.2, 0.25) is 0 Å². The molecule has 1 heterocycles. The number of guanidine groups is 1. The molecule has 27 heavy (non-hydrogen) atoms. The van der Waals surface area contributed by atoms with E-state index in [1.54, 1.807) is 19.2 Å². The van der Waals surface area contributed by atoms with Crippen LogP contribution in [0.2, 0.25) is 0 Å². The maximum absolute atomic E-state index is 13.4. The van der Waals surface area contributed by atoms with Gasteiger partial charge in [0.05, 0.1) is 6.10 Å². The van der Waals surface area contributed by atoms with Gasteiger partial charge in [0.1, 0.15) is 5.82 Å². The summed E-state index contributed by atoms with van der Waals surface area (Å²) in [4.78, 5) is 7.43. The molecule has 0 atom stereocenters. The van der Waals surface area contributed by atoms with Gasteiger partial charge in [-0.05, 0) is 49.4 Å². The highest BCUT2D eigenvalue weighted by atomic mass is 127. The molecule has 2 aromatic rings. The molecular weight excluding hydrogens is 458 g/mol. The van der Waals surface area contributed by atoms with E-state index in [1.165, 1.54) is 31.7 Å². The van der Waals surface area contributed by atoms with Gasteiger partial charge in [0.15, 0.2) is 5.96 Å². The van der Waals surface area contributed by atoms with Crippen LogP contribution in [0.3, 0.4) is 0 Å². The summed E-state index contributed by atoms with van der Waals surface area (Å²) in [7, 11) is 1.77. The Morgan fingerprint density at radius 1 is 1.26 bits per heavy atom. The van der Waals surface area contributed by atoms with Crippen molar-refractivity contribution < 1.29 is 9.13 Å².